The highest BCUT2D eigenvalue weighted by molar-refractivity contribution is 5.95. The Hall–Kier alpha value is -10.7. The molecule has 10 rings (SSSR count). The summed E-state index contributed by atoms with van der Waals surface area (Å²) in [5, 5.41) is 22.3. The summed E-state index contributed by atoms with van der Waals surface area (Å²) < 4.78 is 59.6. The van der Waals surface area contributed by atoms with E-state index in [0.29, 0.717) is 59.8 Å². The first-order chi connectivity index (χ1) is 39.7. The summed E-state index contributed by atoms with van der Waals surface area (Å²) in [5.41, 5.74) is 24.7. The van der Waals surface area contributed by atoms with Gasteiger partial charge < -0.3 is 56.8 Å². The number of rotatable bonds is 19. The molecule has 10 aromatic rings. The van der Waals surface area contributed by atoms with Crippen LogP contribution in [0.5, 0.6) is 0 Å². The Labute approximate surface area is 467 Å². The lowest BCUT2D eigenvalue weighted by Gasteiger charge is -2.18. The lowest BCUT2D eigenvalue weighted by molar-refractivity contribution is 0.00576. The van der Waals surface area contributed by atoms with E-state index in [4.69, 9.17) is 26.9 Å². The van der Waals surface area contributed by atoms with Crippen LogP contribution in [-0.2, 0) is 33.5 Å². The monoisotopic (exact) mass is 1120 g/mol. The Morgan fingerprint density at radius 1 is 0.573 bits per heavy atom. The molecule has 9 N–H and O–H groups in total. The number of fused-ring (bicyclic) bond motifs is 2. The van der Waals surface area contributed by atoms with Crippen molar-refractivity contribution in [3.63, 3.8) is 0 Å². The fourth-order valence-corrected chi connectivity index (χ4v) is 8.13. The molecule has 0 aliphatic heterocycles. The van der Waals surface area contributed by atoms with E-state index in [1.165, 1.54) is 76.1 Å². The Kier molecular flexibility index (Phi) is 19.1. The van der Waals surface area contributed by atoms with E-state index in [2.05, 4.69) is 80.3 Å². The average molecular weight is 1120 g/mol. The maximum Gasteiger partial charge on any atom is 0.306 e. The fraction of sp³-hybridized carbons (Fsp3) is 0.158. The average Bonchev–Trinajstić information content (AvgIpc) is 4.11. The van der Waals surface area contributed by atoms with Crippen molar-refractivity contribution in [2.75, 3.05) is 60.5 Å². The van der Waals surface area contributed by atoms with Crippen molar-refractivity contribution in [1.29, 1.82) is 0 Å². The number of pyridine rings is 1. The van der Waals surface area contributed by atoms with Gasteiger partial charge in [-0.2, -0.15) is 8.78 Å². The maximum atomic E-state index is 14.2. The molecule has 0 aliphatic rings. The van der Waals surface area contributed by atoms with Crippen LogP contribution in [-0.4, -0.2) is 90.0 Å². The van der Waals surface area contributed by atoms with Gasteiger partial charge in [-0.1, -0.05) is 45.8 Å². The topological polar surface area (TPSA) is 279 Å². The van der Waals surface area contributed by atoms with E-state index < -0.39 is 12.5 Å². The summed E-state index contributed by atoms with van der Waals surface area (Å²) >= 11 is 0. The highest BCUT2D eigenvalue weighted by Gasteiger charge is 2.33. The van der Waals surface area contributed by atoms with Crippen LogP contribution in [0.3, 0.4) is 0 Å². The van der Waals surface area contributed by atoms with Crippen LogP contribution in [0.25, 0.3) is 21.8 Å². The molecule has 0 bridgehead atoms. The number of nitrogens with two attached hydrogens (primary N) is 3. The van der Waals surface area contributed by atoms with Crippen molar-refractivity contribution in [2.45, 2.75) is 32.9 Å². The van der Waals surface area contributed by atoms with Crippen LogP contribution < -0.4 is 33.2 Å². The van der Waals surface area contributed by atoms with Crippen molar-refractivity contribution in [3.8, 4) is 0 Å². The number of nitrogen functional groups attached to an aromatic ring is 3. The minimum atomic E-state index is -3.18. The van der Waals surface area contributed by atoms with Crippen molar-refractivity contribution in [1.82, 2.24) is 44.0 Å². The molecule has 6 heterocycles. The van der Waals surface area contributed by atoms with Crippen molar-refractivity contribution < 1.29 is 32.1 Å². The second-order valence-electron chi connectivity index (χ2n) is 17.7. The van der Waals surface area contributed by atoms with E-state index in [1.54, 1.807) is 37.3 Å². The number of aromatic nitrogens is 9. The standard InChI is InChI=1S/C22H21FN6O.C21H19FN6O.C14H16F2N6O/c1-2-30-27-12-19-21(24)25-14-26-22(19)28-18-6-7-20-16(11-18)8-9-29(20)13-15-4-3-5-17(23)10-15;1-29-26-11-18-20(23)24-13-25-21(18)27-17-5-6-19-15(10-17)7-8-28(19)12-14-3-2-4-16(22)9-14;1-9-4-3-5-11(22-9)14(15,16)7-18-13-10(6-21-23-2)12(17)19-8-20-13/h3-12,14H,2,13H2,1H3,(H3,24,25,26,28);2-11,13H,12H2,1H3,(H3,23,24,25,27);3-6,8H,7H2,1-2H3,(H3,17,18,19,20)/b27-12+;26-11+;21-6+. The number of nitrogens with zero attached hydrogens (tertiary/aromatic N) is 12. The van der Waals surface area contributed by atoms with Gasteiger partial charge in [0.2, 0.25) is 0 Å². The molecule has 6 aromatic heterocycles. The second kappa shape index (κ2) is 27.2. The number of nitrogens with one attached hydrogen (secondary N) is 3. The quantitative estimate of drug-likeness (QED) is 0.0249. The lowest BCUT2D eigenvalue weighted by Crippen LogP contribution is -2.27. The van der Waals surface area contributed by atoms with Gasteiger partial charge in [0.25, 0.3) is 0 Å². The molecule has 0 amide bonds. The molecular formula is C57H56F4N18O3. The van der Waals surface area contributed by atoms with Gasteiger partial charge in [-0.25, -0.2) is 38.7 Å². The molecular weight excluding hydrogens is 1060 g/mol. The molecule has 21 nitrogen and oxygen atoms in total. The van der Waals surface area contributed by atoms with E-state index in [9.17, 15) is 17.6 Å². The maximum absolute atomic E-state index is 14.2. The summed E-state index contributed by atoms with van der Waals surface area (Å²) in [6, 6.07) is 33.7. The SMILES string of the molecule is CCO/N=C/c1c(N)ncnc1Nc1ccc2c(ccn2Cc2cccc(F)c2)c1.CO/N=C/c1c(N)ncnc1NCC(F)(F)c1cccc(C)n1.CO/N=C/c1c(N)ncnc1Nc1ccc2c(ccn2Cc2cccc(F)c2)c1. The Balaban J connectivity index is 0.000000163. The molecule has 0 radical (unpaired) electrons. The summed E-state index contributed by atoms with van der Waals surface area (Å²) in [4.78, 5) is 42.4. The number of anilines is 8. The van der Waals surface area contributed by atoms with Crippen LogP contribution in [0.15, 0.2) is 162 Å². The van der Waals surface area contributed by atoms with Crippen molar-refractivity contribution in [3.05, 3.63) is 197 Å². The minimum absolute atomic E-state index is 0.0975. The van der Waals surface area contributed by atoms with E-state index in [-0.39, 0.29) is 34.5 Å². The Morgan fingerprint density at radius 2 is 1.04 bits per heavy atom. The first-order valence-electron chi connectivity index (χ1n) is 25.1. The number of alkyl halides is 2. The molecule has 25 heteroatoms. The van der Waals surface area contributed by atoms with Crippen molar-refractivity contribution >= 4 is 86.7 Å². The number of hydrogen-bond donors (Lipinski definition) is 6. The van der Waals surface area contributed by atoms with E-state index in [1.807, 2.05) is 80.0 Å². The normalized spacial score (nSPS) is 11.4. The summed E-state index contributed by atoms with van der Waals surface area (Å²) in [6.07, 6.45) is 12.1. The van der Waals surface area contributed by atoms with Crippen LogP contribution in [0.4, 0.5) is 63.8 Å². The third kappa shape index (κ3) is 15.1. The van der Waals surface area contributed by atoms with Gasteiger partial charge in [-0.3, -0.25) is 4.98 Å². The van der Waals surface area contributed by atoms with Gasteiger partial charge in [-0.15, -0.1) is 0 Å². The van der Waals surface area contributed by atoms with E-state index >= 15 is 0 Å². The predicted molar refractivity (Wildman–Crippen MR) is 311 cm³/mol. The zero-order chi connectivity index (χ0) is 58.0. The number of benzene rings is 4. The molecule has 0 fully saturated rings. The van der Waals surface area contributed by atoms with Gasteiger partial charge in [-0.05, 0) is 110 Å². The highest BCUT2D eigenvalue weighted by atomic mass is 19.3. The predicted octanol–water partition coefficient (Wildman–Crippen LogP) is 10.2. The first kappa shape index (κ1) is 57.5. The minimum Gasteiger partial charge on any atom is -0.399 e. The largest absolute Gasteiger partial charge is 0.399 e. The molecule has 0 saturated heterocycles. The third-order valence-electron chi connectivity index (χ3n) is 12.0. The van der Waals surface area contributed by atoms with Gasteiger partial charge in [0.15, 0.2) is 0 Å². The van der Waals surface area contributed by atoms with Gasteiger partial charge in [0, 0.05) is 64.4 Å². The summed E-state index contributed by atoms with van der Waals surface area (Å²) in [6.45, 7) is 4.43. The Bertz CT molecular complexity index is 3870. The van der Waals surface area contributed by atoms with Gasteiger partial charge in [0.1, 0.15) is 92.0 Å². The number of aryl methyl sites for hydroxylation is 1. The molecule has 4 aromatic carbocycles. The Morgan fingerprint density at radius 3 is 1.50 bits per heavy atom. The molecule has 0 saturated carbocycles. The number of hydrogen-bond acceptors (Lipinski definition) is 19. The highest BCUT2D eigenvalue weighted by Crippen LogP contribution is 2.30. The molecule has 0 spiro atoms. The summed E-state index contributed by atoms with van der Waals surface area (Å²) in [7, 11) is 2.80. The van der Waals surface area contributed by atoms with E-state index in [0.717, 1.165) is 44.3 Å². The third-order valence-corrected chi connectivity index (χ3v) is 12.0. The number of halogens is 4. The lowest BCUT2D eigenvalue weighted by atomic mass is 10.2. The zero-order valence-electron chi connectivity index (χ0n) is 44.8. The van der Waals surface area contributed by atoms with Crippen LogP contribution >= 0.6 is 0 Å². The van der Waals surface area contributed by atoms with Gasteiger partial charge >= 0.3 is 5.92 Å². The second-order valence-corrected chi connectivity index (χ2v) is 17.7. The van der Waals surface area contributed by atoms with Crippen LogP contribution in [0.2, 0.25) is 0 Å². The van der Waals surface area contributed by atoms with Gasteiger partial charge in [0.05, 0.1) is 41.9 Å². The molecule has 0 aliphatic carbocycles. The smallest absolute Gasteiger partial charge is 0.306 e. The molecule has 82 heavy (non-hydrogen) atoms. The van der Waals surface area contributed by atoms with Crippen molar-refractivity contribution in [2.24, 2.45) is 15.5 Å². The molecule has 0 atom stereocenters. The van der Waals surface area contributed by atoms with Crippen LogP contribution in [0.1, 0.15) is 46.1 Å². The fourth-order valence-electron chi connectivity index (χ4n) is 8.13. The summed E-state index contributed by atoms with van der Waals surface area (Å²) in [5.74, 6) is -1.76. The molecule has 420 valence electrons. The number of oxime groups is 3. The zero-order valence-corrected chi connectivity index (χ0v) is 44.8. The van der Waals surface area contributed by atoms with Crippen LogP contribution in [0, 0.1) is 18.6 Å². The molecule has 0 unspecified atom stereocenters. The first-order valence-corrected chi connectivity index (χ1v) is 25.1.